The smallest absolute Gasteiger partial charge is 0.387 e. The zero-order chi connectivity index (χ0) is 24.1. The highest BCUT2D eigenvalue weighted by Gasteiger charge is 2.24. The summed E-state index contributed by atoms with van der Waals surface area (Å²) < 4.78 is 63.7. The molecule has 1 aliphatic carbocycles. The molecule has 1 atom stereocenters. The van der Waals surface area contributed by atoms with E-state index in [0.717, 1.165) is 16.7 Å². The zero-order valence-corrected chi connectivity index (χ0v) is 19.3. The number of allylic oxidation sites excluding steroid dienone is 1. The number of fused-ring (bicyclic) bond motifs is 1. The van der Waals surface area contributed by atoms with Gasteiger partial charge in [0, 0.05) is 24.0 Å². The van der Waals surface area contributed by atoms with Gasteiger partial charge in [-0.3, -0.25) is 4.98 Å². The number of pyridine rings is 1. The van der Waals surface area contributed by atoms with Crippen molar-refractivity contribution < 1.29 is 26.7 Å². The van der Waals surface area contributed by atoms with Crippen molar-refractivity contribution in [2.45, 2.75) is 39.0 Å². The molecule has 0 saturated carbocycles. The van der Waals surface area contributed by atoms with E-state index in [0.29, 0.717) is 24.3 Å². The summed E-state index contributed by atoms with van der Waals surface area (Å²) in [6, 6.07) is 15.1. The standard InChI is InChI=1S/C25H24F2N2O4S/c1-17(19-4-8-22(9-5-19)32-16-18-3-2-12-28-15-18)29-34(30,31)24-11-7-20-13-23(33-25(26)27)10-6-21(20)14-24/h2-6,8-10,12-15,17,25,29H,7,11,16H2,1H3. The molecule has 1 unspecified atom stereocenters. The fourth-order valence-electron chi connectivity index (χ4n) is 3.71. The van der Waals surface area contributed by atoms with Crippen molar-refractivity contribution in [2.24, 2.45) is 0 Å². The van der Waals surface area contributed by atoms with E-state index in [4.69, 9.17) is 4.74 Å². The first-order valence-electron chi connectivity index (χ1n) is 10.7. The van der Waals surface area contributed by atoms with Gasteiger partial charge in [0.1, 0.15) is 18.1 Å². The van der Waals surface area contributed by atoms with Crippen LogP contribution in [0.2, 0.25) is 0 Å². The van der Waals surface area contributed by atoms with Crippen molar-refractivity contribution in [3.05, 3.63) is 94.1 Å². The van der Waals surface area contributed by atoms with E-state index in [1.54, 1.807) is 43.6 Å². The highest BCUT2D eigenvalue weighted by atomic mass is 32.2. The van der Waals surface area contributed by atoms with E-state index in [9.17, 15) is 17.2 Å². The quantitative estimate of drug-likeness (QED) is 0.448. The topological polar surface area (TPSA) is 77.5 Å². The van der Waals surface area contributed by atoms with Gasteiger partial charge >= 0.3 is 6.61 Å². The summed E-state index contributed by atoms with van der Waals surface area (Å²) >= 11 is 0. The van der Waals surface area contributed by atoms with Crippen LogP contribution in [0.1, 0.15) is 41.6 Å². The summed E-state index contributed by atoms with van der Waals surface area (Å²) in [6.45, 7) is -0.740. The summed E-state index contributed by atoms with van der Waals surface area (Å²) in [4.78, 5) is 4.31. The maximum absolute atomic E-state index is 13.0. The molecule has 0 amide bonds. The van der Waals surface area contributed by atoms with Crippen molar-refractivity contribution in [1.29, 1.82) is 0 Å². The summed E-state index contributed by atoms with van der Waals surface area (Å²) in [5.74, 6) is 0.734. The molecule has 4 rings (SSSR count). The molecule has 0 aliphatic heterocycles. The third-order valence-electron chi connectivity index (χ3n) is 5.48. The lowest BCUT2D eigenvalue weighted by molar-refractivity contribution is -0.0498. The van der Waals surface area contributed by atoms with Gasteiger partial charge in [-0.15, -0.1) is 0 Å². The van der Waals surface area contributed by atoms with Crippen LogP contribution in [0.15, 0.2) is 71.9 Å². The Morgan fingerprint density at radius 3 is 2.53 bits per heavy atom. The number of rotatable bonds is 9. The van der Waals surface area contributed by atoms with Gasteiger partial charge in [-0.25, -0.2) is 13.1 Å². The minimum atomic E-state index is -3.74. The number of ether oxygens (including phenoxy) is 2. The van der Waals surface area contributed by atoms with Crippen LogP contribution in [0, 0.1) is 0 Å². The molecule has 1 heterocycles. The molecule has 0 saturated heterocycles. The van der Waals surface area contributed by atoms with Crippen molar-refractivity contribution in [3.63, 3.8) is 0 Å². The Bertz CT molecular complexity index is 1260. The summed E-state index contributed by atoms with van der Waals surface area (Å²) in [7, 11) is -3.74. The van der Waals surface area contributed by atoms with Crippen LogP contribution in [0.5, 0.6) is 11.5 Å². The molecule has 0 spiro atoms. The Kier molecular flexibility index (Phi) is 7.23. The average Bonchev–Trinajstić information content (AvgIpc) is 2.82. The number of aromatic nitrogens is 1. The van der Waals surface area contributed by atoms with E-state index in [1.165, 1.54) is 12.1 Å². The van der Waals surface area contributed by atoms with E-state index >= 15 is 0 Å². The SMILES string of the molecule is CC(NS(=O)(=O)C1=Cc2ccc(OC(F)F)cc2CC1)c1ccc(OCc2cccnc2)cc1. The van der Waals surface area contributed by atoms with Crippen LogP contribution in [0.4, 0.5) is 8.78 Å². The number of benzene rings is 2. The van der Waals surface area contributed by atoms with Crippen molar-refractivity contribution in [2.75, 3.05) is 0 Å². The number of sulfonamides is 1. The Balaban J connectivity index is 1.40. The molecule has 178 valence electrons. The number of aryl methyl sites for hydroxylation is 1. The second-order valence-electron chi connectivity index (χ2n) is 7.91. The van der Waals surface area contributed by atoms with E-state index in [1.807, 2.05) is 24.3 Å². The maximum atomic E-state index is 13.0. The number of nitrogens with zero attached hydrogens (tertiary/aromatic N) is 1. The molecular weight excluding hydrogens is 462 g/mol. The van der Waals surface area contributed by atoms with Crippen LogP contribution < -0.4 is 14.2 Å². The van der Waals surface area contributed by atoms with Gasteiger partial charge in [-0.05, 0) is 72.9 Å². The predicted octanol–water partition coefficient (Wildman–Crippen LogP) is 5.23. The maximum Gasteiger partial charge on any atom is 0.387 e. The molecule has 1 N–H and O–H groups in total. The largest absolute Gasteiger partial charge is 0.489 e. The number of hydrogen-bond acceptors (Lipinski definition) is 5. The molecule has 2 aromatic carbocycles. The minimum Gasteiger partial charge on any atom is -0.489 e. The lowest BCUT2D eigenvalue weighted by atomic mass is 9.97. The van der Waals surface area contributed by atoms with E-state index in [-0.39, 0.29) is 17.1 Å². The number of hydrogen-bond donors (Lipinski definition) is 1. The number of nitrogens with one attached hydrogen (secondary N) is 1. The third-order valence-corrected chi connectivity index (χ3v) is 7.16. The summed E-state index contributed by atoms with van der Waals surface area (Å²) in [6.07, 6.45) is 5.70. The fourth-order valence-corrected chi connectivity index (χ4v) is 5.12. The number of alkyl halides is 2. The molecule has 6 nitrogen and oxygen atoms in total. The summed E-state index contributed by atoms with van der Waals surface area (Å²) in [5.41, 5.74) is 3.19. The van der Waals surface area contributed by atoms with Gasteiger partial charge in [-0.1, -0.05) is 24.3 Å². The van der Waals surface area contributed by atoms with Crippen LogP contribution in [-0.4, -0.2) is 20.0 Å². The first-order chi connectivity index (χ1) is 16.3. The van der Waals surface area contributed by atoms with Crippen molar-refractivity contribution in [1.82, 2.24) is 9.71 Å². The first kappa shape index (κ1) is 23.8. The Hall–Kier alpha value is -3.30. The molecule has 0 bridgehead atoms. The van der Waals surface area contributed by atoms with Gasteiger partial charge in [0.2, 0.25) is 10.0 Å². The Morgan fingerprint density at radius 1 is 1.06 bits per heavy atom. The highest BCUT2D eigenvalue weighted by Crippen LogP contribution is 2.31. The Morgan fingerprint density at radius 2 is 1.82 bits per heavy atom. The molecular formula is C25H24F2N2O4S. The Labute approximate surface area is 197 Å². The van der Waals surface area contributed by atoms with Gasteiger partial charge in [0.05, 0.1) is 4.91 Å². The third kappa shape index (κ3) is 5.98. The van der Waals surface area contributed by atoms with Gasteiger partial charge in [-0.2, -0.15) is 8.78 Å². The molecule has 3 aromatic rings. The van der Waals surface area contributed by atoms with Crippen LogP contribution in [0.3, 0.4) is 0 Å². The predicted molar refractivity (Wildman–Crippen MR) is 125 cm³/mol. The zero-order valence-electron chi connectivity index (χ0n) is 18.4. The van der Waals surface area contributed by atoms with Crippen LogP contribution in [-0.2, 0) is 23.1 Å². The first-order valence-corrected chi connectivity index (χ1v) is 12.2. The second kappa shape index (κ2) is 10.3. The molecule has 9 heteroatoms. The fraction of sp³-hybridized carbons (Fsp3) is 0.240. The second-order valence-corrected chi connectivity index (χ2v) is 9.68. The highest BCUT2D eigenvalue weighted by molar-refractivity contribution is 7.93. The monoisotopic (exact) mass is 486 g/mol. The van der Waals surface area contributed by atoms with E-state index < -0.39 is 22.7 Å². The van der Waals surface area contributed by atoms with Crippen LogP contribution in [0.25, 0.3) is 6.08 Å². The lowest BCUT2D eigenvalue weighted by Gasteiger charge is -2.20. The lowest BCUT2D eigenvalue weighted by Crippen LogP contribution is -2.28. The van der Waals surface area contributed by atoms with Crippen molar-refractivity contribution in [3.8, 4) is 11.5 Å². The molecule has 0 fully saturated rings. The molecule has 34 heavy (non-hydrogen) atoms. The molecule has 1 aliphatic rings. The van der Waals surface area contributed by atoms with Gasteiger partial charge in [0.25, 0.3) is 0 Å². The molecule has 0 radical (unpaired) electrons. The number of halogens is 2. The van der Waals surface area contributed by atoms with Gasteiger partial charge < -0.3 is 9.47 Å². The van der Waals surface area contributed by atoms with Crippen LogP contribution >= 0.6 is 0 Å². The summed E-state index contributed by atoms with van der Waals surface area (Å²) in [5, 5.41) is 0. The van der Waals surface area contributed by atoms with Crippen molar-refractivity contribution >= 4 is 16.1 Å². The minimum absolute atomic E-state index is 0.0630. The van der Waals surface area contributed by atoms with Gasteiger partial charge in [0.15, 0.2) is 0 Å². The molecule has 1 aromatic heterocycles. The average molecular weight is 487 g/mol. The van der Waals surface area contributed by atoms with E-state index in [2.05, 4.69) is 14.4 Å². The normalized spacial score (nSPS) is 14.3.